The third kappa shape index (κ3) is 3.84. The molecule has 3 N–H and O–H groups in total. The lowest BCUT2D eigenvalue weighted by molar-refractivity contribution is 0.182. The van der Waals surface area contributed by atoms with Crippen LogP contribution in [-0.2, 0) is 11.3 Å². The Morgan fingerprint density at radius 3 is 2.86 bits per heavy atom. The number of nitrogens with zero attached hydrogens (tertiary/aromatic N) is 2. The van der Waals surface area contributed by atoms with Gasteiger partial charge in [0.2, 0.25) is 0 Å². The van der Waals surface area contributed by atoms with Gasteiger partial charge in [0.05, 0.1) is 36.1 Å². The second-order valence-corrected chi connectivity index (χ2v) is 6.08. The third-order valence-electron chi connectivity index (χ3n) is 3.18. The van der Waals surface area contributed by atoms with Crippen LogP contribution in [0.1, 0.15) is 22.9 Å². The number of rotatable bonds is 6. The van der Waals surface area contributed by atoms with E-state index < -0.39 is 0 Å². The van der Waals surface area contributed by atoms with Gasteiger partial charge in [0.15, 0.2) is 0 Å². The minimum atomic E-state index is -0.243. The zero-order valence-electron chi connectivity index (χ0n) is 11.9. The lowest BCUT2D eigenvalue weighted by Crippen LogP contribution is -2.31. The van der Waals surface area contributed by atoms with Crippen molar-refractivity contribution in [3.63, 3.8) is 0 Å². The molecule has 0 spiro atoms. The number of nitrogens with two attached hydrogens (primary N) is 1. The largest absolute Gasteiger partial charge is 0.383 e. The molecule has 2 rings (SSSR count). The second kappa shape index (κ2) is 7.38. The van der Waals surface area contributed by atoms with E-state index in [-0.39, 0.29) is 6.04 Å². The van der Waals surface area contributed by atoms with E-state index in [9.17, 15) is 0 Å². The van der Waals surface area contributed by atoms with Crippen LogP contribution < -0.4 is 11.3 Å². The summed E-state index contributed by atoms with van der Waals surface area (Å²) in [5.41, 5.74) is 5.81. The fraction of sp³-hybridized carbons (Fsp3) is 0.357. The van der Waals surface area contributed by atoms with Crippen LogP contribution in [0.5, 0.6) is 0 Å². The predicted molar refractivity (Wildman–Crippen MR) is 87.2 cm³/mol. The van der Waals surface area contributed by atoms with Gasteiger partial charge in [-0.15, -0.1) is 0 Å². The molecule has 0 aliphatic carbocycles. The van der Waals surface area contributed by atoms with E-state index in [1.807, 2.05) is 23.7 Å². The van der Waals surface area contributed by atoms with Crippen molar-refractivity contribution < 1.29 is 4.74 Å². The molecule has 2 aromatic rings. The highest BCUT2D eigenvalue weighted by Gasteiger charge is 2.21. The van der Waals surface area contributed by atoms with Gasteiger partial charge in [-0.25, -0.2) is 5.43 Å². The van der Waals surface area contributed by atoms with Crippen molar-refractivity contribution in [1.29, 1.82) is 0 Å². The number of hydrogen-bond acceptors (Lipinski definition) is 4. The van der Waals surface area contributed by atoms with E-state index in [0.29, 0.717) is 18.2 Å². The Hall–Kier alpha value is -0.920. The van der Waals surface area contributed by atoms with Crippen LogP contribution >= 0.6 is 27.5 Å². The molecule has 1 unspecified atom stereocenters. The number of aromatic nitrogens is 2. The van der Waals surface area contributed by atoms with Crippen molar-refractivity contribution in [3.8, 4) is 0 Å². The molecular weight excluding hydrogens is 356 g/mol. The van der Waals surface area contributed by atoms with Crippen LogP contribution in [0.2, 0.25) is 5.02 Å². The summed E-state index contributed by atoms with van der Waals surface area (Å²) in [7, 11) is 1.65. The van der Waals surface area contributed by atoms with E-state index in [2.05, 4.69) is 32.5 Å². The van der Waals surface area contributed by atoms with Gasteiger partial charge < -0.3 is 4.74 Å². The number of ether oxygens (including phenoxy) is 1. The van der Waals surface area contributed by atoms with Gasteiger partial charge in [-0.2, -0.15) is 5.10 Å². The van der Waals surface area contributed by atoms with E-state index in [1.165, 1.54) is 0 Å². The maximum absolute atomic E-state index is 6.30. The van der Waals surface area contributed by atoms with Gasteiger partial charge in [-0.05, 0) is 30.2 Å². The van der Waals surface area contributed by atoms with E-state index in [4.69, 9.17) is 22.2 Å². The van der Waals surface area contributed by atoms with Crippen LogP contribution in [0, 0.1) is 6.92 Å². The summed E-state index contributed by atoms with van der Waals surface area (Å²) in [5, 5.41) is 4.87. The fourth-order valence-electron chi connectivity index (χ4n) is 2.28. The Kier molecular flexibility index (Phi) is 5.78. The number of methoxy groups -OCH3 is 1. The Morgan fingerprint density at radius 1 is 1.48 bits per heavy atom. The van der Waals surface area contributed by atoms with Crippen molar-refractivity contribution in [1.82, 2.24) is 15.2 Å². The van der Waals surface area contributed by atoms with Crippen molar-refractivity contribution in [2.45, 2.75) is 19.5 Å². The summed E-state index contributed by atoms with van der Waals surface area (Å²) < 4.78 is 7.91. The number of hydrazine groups is 1. The highest BCUT2D eigenvalue weighted by atomic mass is 79.9. The summed E-state index contributed by atoms with van der Waals surface area (Å²) in [5.74, 6) is 5.77. The quantitative estimate of drug-likeness (QED) is 0.604. The highest BCUT2D eigenvalue weighted by molar-refractivity contribution is 9.10. The molecule has 0 aliphatic rings. The average Bonchev–Trinajstić information content (AvgIpc) is 2.78. The van der Waals surface area contributed by atoms with Crippen molar-refractivity contribution in [2.24, 2.45) is 5.84 Å². The van der Waals surface area contributed by atoms with Gasteiger partial charge in [0.25, 0.3) is 0 Å². The molecule has 0 saturated carbocycles. The summed E-state index contributed by atoms with van der Waals surface area (Å²) in [6.07, 6.45) is 1.63. The Morgan fingerprint density at radius 2 is 2.24 bits per heavy atom. The van der Waals surface area contributed by atoms with Crippen molar-refractivity contribution in [3.05, 3.63) is 50.7 Å². The molecule has 0 fully saturated rings. The van der Waals surface area contributed by atoms with Crippen LogP contribution in [0.15, 0.2) is 28.9 Å². The minimum absolute atomic E-state index is 0.243. The smallest absolute Gasteiger partial charge is 0.0894 e. The van der Waals surface area contributed by atoms with E-state index in [0.717, 1.165) is 21.3 Å². The van der Waals surface area contributed by atoms with Crippen LogP contribution in [-0.4, -0.2) is 23.5 Å². The summed E-state index contributed by atoms with van der Waals surface area (Å²) in [6, 6.07) is 5.88. The maximum atomic E-state index is 6.30. The van der Waals surface area contributed by atoms with Gasteiger partial charge >= 0.3 is 0 Å². The molecular formula is C14H18BrClN4O. The number of halogens is 2. The minimum Gasteiger partial charge on any atom is -0.383 e. The van der Waals surface area contributed by atoms with Crippen LogP contribution in [0.3, 0.4) is 0 Å². The molecule has 0 saturated heterocycles. The third-order valence-corrected chi connectivity index (χ3v) is 3.93. The topological polar surface area (TPSA) is 65.1 Å². The van der Waals surface area contributed by atoms with Crippen LogP contribution in [0.25, 0.3) is 0 Å². The Balaban J connectivity index is 2.43. The Bertz CT molecular complexity index is 597. The van der Waals surface area contributed by atoms with Gasteiger partial charge in [-0.1, -0.05) is 33.6 Å². The van der Waals surface area contributed by atoms with Gasteiger partial charge in [0, 0.05) is 11.6 Å². The fourth-order valence-corrected chi connectivity index (χ4v) is 3.15. The molecule has 1 aromatic carbocycles. The van der Waals surface area contributed by atoms with E-state index in [1.54, 1.807) is 13.3 Å². The number of nitrogens with one attached hydrogen (secondary N) is 1. The zero-order chi connectivity index (χ0) is 15.4. The summed E-state index contributed by atoms with van der Waals surface area (Å²) in [4.78, 5) is 0. The number of benzene rings is 1. The summed E-state index contributed by atoms with van der Waals surface area (Å²) >= 11 is 9.80. The first-order chi connectivity index (χ1) is 10.1. The molecule has 7 heteroatoms. The lowest BCUT2D eigenvalue weighted by Gasteiger charge is -2.19. The molecule has 1 heterocycles. The SMILES string of the molecule is COCCn1ncc(Cl)c1C(NN)c1cc(C)cc(Br)c1. The molecule has 0 aliphatic heterocycles. The van der Waals surface area contributed by atoms with Gasteiger partial charge in [0.1, 0.15) is 0 Å². The van der Waals surface area contributed by atoms with Crippen LogP contribution in [0.4, 0.5) is 0 Å². The lowest BCUT2D eigenvalue weighted by atomic mass is 10.0. The molecule has 21 heavy (non-hydrogen) atoms. The molecule has 5 nitrogen and oxygen atoms in total. The van der Waals surface area contributed by atoms with Crippen molar-refractivity contribution in [2.75, 3.05) is 13.7 Å². The van der Waals surface area contributed by atoms with Crippen molar-refractivity contribution >= 4 is 27.5 Å². The molecule has 1 atom stereocenters. The maximum Gasteiger partial charge on any atom is 0.0894 e. The molecule has 0 radical (unpaired) electrons. The average molecular weight is 374 g/mol. The second-order valence-electron chi connectivity index (χ2n) is 4.76. The molecule has 0 amide bonds. The monoisotopic (exact) mass is 372 g/mol. The Labute approximate surface area is 137 Å². The van der Waals surface area contributed by atoms with Gasteiger partial charge in [-0.3, -0.25) is 10.5 Å². The first-order valence-electron chi connectivity index (χ1n) is 6.50. The first kappa shape index (κ1) is 16.5. The number of aryl methyl sites for hydroxylation is 1. The standard InChI is InChI=1S/C14H18BrClN4O/c1-9-5-10(7-11(15)6-9)13(19-17)14-12(16)8-18-20(14)3-4-21-2/h5-8,13,19H,3-4,17H2,1-2H3. The molecule has 1 aromatic heterocycles. The normalized spacial score (nSPS) is 12.6. The zero-order valence-corrected chi connectivity index (χ0v) is 14.3. The highest BCUT2D eigenvalue weighted by Crippen LogP contribution is 2.30. The molecule has 114 valence electrons. The predicted octanol–water partition coefficient (Wildman–Crippen LogP) is 2.81. The number of hydrogen-bond donors (Lipinski definition) is 2. The summed E-state index contributed by atoms with van der Waals surface area (Å²) in [6.45, 7) is 3.20. The van der Waals surface area contributed by atoms with E-state index >= 15 is 0 Å². The first-order valence-corrected chi connectivity index (χ1v) is 7.67. The molecule has 0 bridgehead atoms.